The lowest BCUT2D eigenvalue weighted by atomic mass is 10.4. The molecule has 3 aromatic heterocycles. The number of hydrogen-bond donors (Lipinski definition) is 0. The van der Waals surface area contributed by atoms with Crippen molar-refractivity contribution in [3.05, 3.63) is 41.9 Å². The molecule has 0 saturated carbocycles. The van der Waals surface area contributed by atoms with Gasteiger partial charge in [0.2, 0.25) is 0 Å². The van der Waals surface area contributed by atoms with Gasteiger partial charge in [-0.1, -0.05) is 6.07 Å². The summed E-state index contributed by atoms with van der Waals surface area (Å²) >= 11 is 0. The molecule has 3 aromatic rings. The zero-order valence-electron chi connectivity index (χ0n) is 8.17. The predicted molar refractivity (Wildman–Crippen MR) is 63.5 cm³/mol. The van der Waals surface area contributed by atoms with Crippen LogP contribution in [0.3, 0.4) is 0 Å². The fourth-order valence-corrected chi connectivity index (χ4v) is 2.39. The van der Waals surface area contributed by atoms with Gasteiger partial charge in [0.05, 0.1) is 23.7 Å². The summed E-state index contributed by atoms with van der Waals surface area (Å²) in [6.45, 7) is 0. The molecule has 0 atom stereocenters. The first-order valence-corrected chi connectivity index (χ1v) is 6.67. The van der Waals surface area contributed by atoms with E-state index in [1.807, 2.05) is 41.9 Å². The molecule has 0 spiro atoms. The third-order valence-corrected chi connectivity index (χ3v) is 3.20. The normalized spacial score (nSPS) is 11.5. The molecule has 0 aliphatic rings. The predicted octanol–water partition coefficient (Wildman–Crippen LogP) is 2.61. The summed E-state index contributed by atoms with van der Waals surface area (Å²) in [6, 6.07) is 5.81. The molecule has 3 heterocycles. The Kier molecular flexibility index (Phi) is 2.49. The Morgan fingerprint density at radius 1 is 0.875 bits per heavy atom. The molecular weight excluding hydrogens is 240 g/mol. The maximum Gasteiger partial charge on any atom is 0.156 e. The summed E-state index contributed by atoms with van der Waals surface area (Å²) in [5.74, 6) is 9.19. The fourth-order valence-electron chi connectivity index (χ4n) is 1.32. The van der Waals surface area contributed by atoms with Crippen LogP contribution in [0.1, 0.15) is 0 Å². The standard InChI is InChI=1S/C9H7N5P2/c1-2-8(13-6-15-4-10-13)12-9(3-1)14-7-16-5-11-14/h1-7H. The highest BCUT2D eigenvalue weighted by atomic mass is 31.0. The Balaban J connectivity index is 2.07. The lowest BCUT2D eigenvalue weighted by Gasteiger charge is -2.03. The number of aromatic nitrogens is 5. The molecule has 0 bridgehead atoms. The highest BCUT2D eigenvalue weighted by Gasteiger charge is 2.01. The van der Waals surface area contributed by atoms with E-state index in [0.29, 0.717) is 0 Å². The van der Waals surface area contributed by atoms with Gasteiger partial charge < -0.3 is 0 Å². The van der Waals surface area contributed by atoms with E-state index in [1.165, 1.54) is 0 Å². The van der Waals surface area contributed by atoms with Crippen molar-refractivity contribution in [1.82, 2.24) is 24.5 Å². The van der Waals surface area contributed by atoms with Gasteiger partial charge in [-0.3, -0.25) is 0 Å². The number of hydrogen-bond acceptors (Lipinski definition) is 3. The third-order valence-electron chi connectivity index (χ3n) is 2.03. The molecule has 0 aliphatic heterocycles. The highest BCUT2D eigenvalue weighted by Crippen LogP contribution is 2.12. The van der Waals surface area contributed by atoms with E-state index >= 15 is 0 Å². The van der Waals surface area contributed by atoms with Crippen LogP contribution in [-0.4, -0.2) is 24.5 Å². The first-order chi connectivity index (χ1) is 7.93. The van der Waals surface area contributed by atoms with Crippen molar-refractivity contribution in [1.29, 1.82) is 0 Å². The van der Waals surface area contributed by atoms with Crippen molar-refractivity contribution in [2.75, 3.05) is 0 Å². The van der Waals surface area contributed by atoms with E-state index < -0.39 is 0 Å². The maximum atomic E-state index is 4.49. The quantitative estimate of drug-likeness (QED) is 0.699. The average Bonchev–Trinajstić information content (AvgIpc) is 3.03. The molecule has 0 N–H and O–H groups in total. The second-order valence-corrected chi connectivity index (χ2v) is 4.55. The van der Waals surface area contributed by atoms with Crippen molar-refractivity contribution < 1.29 is 0 Å². The van der Waals surface area contributed by atoms with Crippen molar-refractivity contribution in [2.24, 2.45) is 0 Å². The first-order valence-electron chi connectivity index (χ1n) is 4.60. The zero-order chi connectivity index (χ0) is 10.8. The van der Waals surface area contributed by atoms with Crippen LogP contribution in [0, 0.1) is 0 Å². The highest BCUT2D eigenvalue weighted by molar-refractivity contribution is 7.28. The van der Waals surface area contributed by atoms with Gasteiger partial charge in [-0.15, -0.1) is 0 Å². The van der Waals surface area contributed by atoms with E-state index in [1.54, 1.807) is 9.36 Å². The summed E-state index contributed by atoms with van der Waals surface area (Å²) in [7, 11) is 2.17. The van der Waals surface area contributed by atoms with E-state index in [0.717, 1.165) is 28.0 Å². The maximum absolute atomic E-state index is 4.49. The van der Waals surface area contributed by atoms with Crippen LogP contribution in [0.5, 0.6) is 0 Å². The third kappa shape index (κ3) is 1.75. The molecule has 0 fully saturated rings. The van der Waals surface area contributed by atoms with Gasteiger partial charge >= 0.3 is 0 Å². The van der Waals surface area contributed by atoms with E-state index in [2.05, 4.69) is 15.2 Å². The van der Waals surface area contributed by atoms with E-state index in [4.69, 9.17) is 0 Å². The minimum absolute atomic E-state index is 0.811. The van der Waals surface area contributed by atoms with Gasteiger partial charge in [-0.25, -0.2) is 14.3 Å². The molecule has 5 nitrogen and oxygen atoms in total. The van der Waals surface area contributed by atoms with Crippen LogP contribution < -0.4 is 0 Å². The molecule has 0 aliphatic carbocycles. The van der Waals surface area contributed by atoms with Crippen molar-refractivity contribution in [3.8, 4) is 11.6 Å². The second kappa shape index (κ2) is 4.12. The number of rotatable bonds is 2. The molecule has 7 heteroatoms. The van der Waals surface area contributed by atoms with Gasteiger partial charge in [0.25, 0.3) is 0 Å². The Hall–Kier alpha value is -1.57. The second-order valence-electron chi connectivity index (χ2n) is 3.03. The summed E-state index contributed by atoms with van der Waals surface area (Å²) < 4.78 is 3.53. The van der Waals surface area contributed by atoms with Crippen LogP contribution in [0.2, 0.25) is 0 Å². The van der Waals surface area contributed by atoms with Crippen LogP contribution in [0.25, 0.3) is 11.6 Å². The molecule has 0 amide bonds. The van der Waals surface area contributed by atoms with Gasteiger partial charge in [0, 0.05) is 0 Å². The Labute approximate surface area is 95.0 Å². The van der Waals surface area contributed by atoms with Crippen LogP contribution in [0.4, 0.5) is 0 Å². The van der Waals surface area contributed by atoms with E-state index in [-0.39, 0.29) is 0 Å². The van der Waals surface area contributed by atoms with Gasteiger partial charge in [0.1, 0.15) is 0 Å². The lowest BCUT2D eigenvalue weighted by molar-refractivity contribution is 0.804. The lowest BCUT2D eigenvalue weighted by Crippen LogP contribution is -2.03. The molecule has 0 unspecified atom stereocenters. The van der Waals surface area contributed by atoms with Gasteiger partial charge in [0.15, 0.2) is 11.6 Å². The average molecular weight is 247 g/mol. The summed E-state index contributed by atoms with van der Waals surface area (Å²) in [6.07, 6.45) is 0. The number of nitrogens with zero attached hydrogens (tertiary/aromatic N) is 5. The van der Waals surface area contributed by atoms with Gasteiger partial charge in [-0.2, -0.15) is 10.2 Å². The minimum atomic E-state index is 0.811. The van der Waals surface area contributed by atoms with Crippen LogP contribution >= 0.6 is 16.4 Å². The molecule has 0 saturated heterocycles. The molecule has 78 valence electrons. The summed E-state index contributed by atoms with van der Waals surface area (Å²) in [4.78, 5) is 4.49. The zero-order valence-corrected chi connectivity index (χ0v) is 9.96. The Morgan fingerprint density at radius 3 is 1.88 bits per heavy atom. The smallest absolute Gasteiger partial charge is 0.156 e. The Morgan fingerprint density at radius 2 is 1.44 bits per heavy atom. The van der Waals surface area contributed by atoms with E-state index in [9.17, 15) is 0 Å². The summed E-state index contributed by atoms with van der Waals surface area (Å²) in [5.41, 5.74) is 0. The Bertz CT molecular complexity index is 526. The monoisotopic (exact) mass is 247 g/mol. The SMILES string of the molecule is c1cc(-n2cpcn2)nc(-n2cpcn2)c1. The van der Waals surface area contributed by atoms with Crippen molar-refractivity contribution >= 4 is 16.4 Å². The molecule has 0 aromatic carbocycles. The van der Waals surface area contributed by atoms with Crippen LogP contribution in [0.15, 0.2) is 41.9 Å². The van der Waals surface area contributed by atoms with Crippen molar-refractivity contribution in [2.45, 2.75) is 0 Å². The summed E-state index contributed by atoms with van der Waals surface area (Å²) in [5, 5.41) is 8.37. The molecule has 0 radical (unpaired) electrons. The first kappa shape index (κ1) is 9.64. The minimum Gasteiger partial charge on any atom is -0.218 e. The molecule has 16 heavy (non-hydrogen) atoms. The largest absolute Gasteiger partial charge is 0.218 e. The molecular formula is C9H7N5P2. The van der Waals surface area contributed by atoms with Crippen LogP contribution in [-0.2, 0) is 0 Å². The van der Waals surface area contributed by atoms with Crippen molar-refractivity contribution in [3.63, 3.8) is 0 Å². The van der Waals surface area contributed by atoms with Gasteiger partial charge in [-0.05, 0) is 28.5 Å². The number of pyridine rings is 1. The molecule has 3 rings (SSSR count). The topological polar surface area (TPSA) is 48.5 Å². The fraction of sp³-hybridized carbons (Fsp3) is 0.